The molecule has 0 saturated heterocycles. The second-order valence-corrected chi connectivity index (χ2v) is 26.8. The normalized spacial score (nSPS) is 12.0. The van der Waals surface area contributed by atoms with Gasteiger partial charge in [0.15, 0.2) is 13.9 Å². The molecule has 17 aromatic rings. The second kappa shape index (κ2) is 21.2. The summed E-state index contributed by atoms with van der Waals surface area (Å²) in [6, 6.07) is 124. The van der Waals surface area contributed by atoms with E-state index in [0.29, 0.717) is 17.7 Å². The molecule has 418 valence electrons. The molecule has 17 rings (SSSR count). The standard InChI is InChI=1S/C82H56N6Si/c1-8-28-58(29-9-1)82(59-30-10-2-11-31-59,60-32-12-3-13-33-60)61-50-48-57(49-51-61)79-83-80(85-81(84-79)88-73-46-26-23-43-68(73)70-54-55-75-77(78(70)88)71-44-24-27-47-74(71)86(75)62-34-14-4-15-35-62)87-72-45-25-22-42-67(72)69-53-52-66(56-76(69)87)89(63-36-16-5-17-37-63,64-38-18-6-19-39-64)65-40-20-7-21-41-65/h1-56H. The lowest BCUT2D eigenvalue weighted by atomic mass is 9.65. The molecule has 0 radical (unpaired) electrons. The zero-order valence-electron chi connectivity index (χ0n) is 48.5. The molecule has 0 fully saturated rings. The Morgan fingerprint density at radius 2 is 0.652 bits per heavy atom. The van der Waals surface area contributed by atoms with Gasteiger partial charge in [-0.15, -0.1) is 0 Å². The van der Waals surface area contributed by atoms with Crippen molar-refractivity contribution in [3.8, 4) is 29.0 Å². The van der Waals surface area contributed by atoms with Crippen molar-refractivity contribution in [3.05, 3.63) is 362 Å². The number of nitrogens with zero attached hydrogens (tertiary/aromatic N) is 6. The average molecular weight is 1150 g/mol. The summed E-state index contributed by atoms with van der Waals surface area (Å²) in [4.78, 5) is 17.3. The number of benzene rings is 13. The van der Waals surface area contributed by atoms with Gasteiger partial charge in [0, 0.05) is 43.6 Å². The van der Waals surface area contributed by atoms with Crippen LogP contribution in [0.2, 0.25) is 0 Å². The van der Waals surface area contributed by atoms with Gasteiger partial charge in [-0.25, -0.2) is 0 Å². The molecule has 0 aliphatic heterocycles. The van der Waals surface area contributed by atoms with Crippen molar-refractivity contribution < 1.29 is 0 Å². The number of rotatable bonds is 12. The quantitative estimate of drug-likeness (QED) is 0.0905. The monoisotopic (exact) mass is 1150 g/mol. The SMILES string of the molecule is c1ccc(-n2c3ccccc3c3c2ccc2c4ccccc4n(-c4nc(-c5ccc(C(c6ccccc6)(c6ccccc6)c6ccccc6)cc5)nc(-n5c6ccccc6c6ccc([Si](c7ccccc7)(c7ccccc7)c7ccccc7)cc65)n4)c23)cc1. The lowest BCUT2D eigenvalue weighted by molar-refractivity contribution is 0.745. The van der Waals surface area contributed by atoms with Crippen molar-refractivity contribution in [1.29, 1.82) is 0 Å². The fraction of sp³-hybridized carbons (Fsp3) is 0.0122. The van der Waals surface area contributed by atoms with Gasteiger partial charge in [0.2, 0.25) is 11.9 Å². The second-order valence-electron chi connectivity index (χ2n) is 23.0. The molecular weight excluding hydrogens is 1100 g/mol. The van der Waals surface area contributed by atoms with Gasteiger partial charge >= 0.3 is 0 Å². The fourth-order valence-electron chi connectivity index (χ4n) is 14.7. The van der Waals surface area contributed by atoms with Gasteiger partial charge in [0.25, 0.3) is 0 Å². The lowest BCUT2D eigenvalue weighted by Gasteiger charge is -2.37. The smallest absolute Gasteiger partial charge is 0.240 e. The molecule has 4 heterocycles. The molecule has 0 amide bonds. The van der Waals surface area contributed by atoms with Crippen molar-refractivity contribution in [2.75, 3.05) is 0 Å². The van der Waals surface area contributed by atoms with E-state index in [2.05, 4.69) is 353 Å². The van der Waals surface area contributed by atoms with Crippen LogP contribution in [0.3, 0.4) is 0 Å². The molecule has 0 N–H and O–H groups in total. The van der Waals surface area contributed by atoms with Crippen LogP contribution in [-0.4, -0.2) is 36.7 Å². The maximum Gasteiger partial charge on any atom is 0.240 e. The number of fused-ring (bicyclic) bond motifs is 10. The molecule has 0 spiro atoms. The average Bonchev–Trinajstić information content (AvgIpc) is 1.66. The predicted octanol–water partition coefficient (Wildman–Crippen LogP) is 16.6. The van der Waals surface area contributed by atoms with Crippen LogP contribution in [0.4, 0.5) is 0 Å². The Morgan fingerprint density at radius 1 is 0.258 bits per heavy atom. The fourth-order valence-corrected chi connectivity index (χ4v) is 19.4. The summed E-state index contributed by atoms with van der Waals surface area (Å²) < 4.78 is 6.99. The van der Waals surface area contributed by atoms with Gasteiger partial charge in [-0.3, -0.25) is 9.13 Å². The summed E-state index contributed by atoms with van der Waals surface area (Å²) in [5.41, 5.74) is 12.2. The minimum atomic E-state index is -3.01. The zero-order chi connectivity index (χ0) is 58.9. The highest BCUT2D eigenvalue weighted by molar-refractivity contribution is 7.20. The van der Waals surface area contributed by atoms with Crippen LogP contribution in [0.25, 0.3) is 94.4 Å². The zero-order valence-corrected chi connectivity index (χ0v) is 49.5. The Kier molecular flexibility index (Phi) is 12.3. The van der Waals surface area contributed by atoms with E-state index in [9.17, 15) is 0 Å². The molecule has 0 saturated carbocycles. The maximum atomic E-state index is 5.85. The van der Waals surface area contributed by atoms with Crippen molar-refractivity contribution in [2.45, 2.75) is 5.41 Å². The number of para-hydroxylation sites is 4. The molecule has 89 heavy (non-hydrogen) atoms. The highest BCUT2D eigenvalue weighted by Gasteiger charge is 2.42. The summed E-state index contributed by atoms with van der Waals surface area (Å²) in [6.07, 6.45) is 0. The molecule has 6 nitrogen and oxygen atoms in total. The number of hydrogen-bond acceptors (Lipinski definition) is 3. The molecule has 0 unspecified atom stereocenters. The first kappa shape index (κ1) is 51.9. The third kappa shape index (κ3) is 8.06. The van der Waals surface area contributed by atoms with Crippen molar-refractivity contribution in [1.82, 2.24) is 28.7 Å². The third-order valence-electron chi connectivity index (χ3n) is 18.4. The van der Waals surface area contributed by atoms with Crippen LogP contribution in [0.5, 0.6) is 0 Å². The molecule has 0 bridgehead atoms. The van der Waals surface area contributed by atoms with Gasteiger partial charge in [0.05, 0.1) is 38.5 Å². The van der Waals surface area contributed by atoms with Crippen molar-refractivity contribution in [3.63, 3.8) is 0 Å². The van der Waals surface area contributed by atoms with E-state index < -0.39 is 13.5 Å². The third-order valence-corrected chi connectivity index (χ3v) is 23.2. The first-order valence-corrected chi connectivity index (χ1v) is 32.4. The minimum Gasteiger partial charge on any atom is -0.309 e. The van der Waals surface area contributed by atoms with Gasteiger partial charge in [0.1, 0.15) is 0 Å². The van der Waals surface area contributed by atoms with E-state index in [4.69, 9.17) is 15.0 Å². The van der Waals surface area contributed by atoms with Crippen LogP contribution in [-0.2, 0) is 5.41 Å². The summed E-state index contributed by atoms with van der Waals surface area (Å²) in [5, 5.41) is 11.9. The van der Waals surface area contributed by atoms with E-state index in [0.717, 1.165) is 82.2 Å². The molecule has 7 heteroatoms. The summed E-state index contributed by atoms with van der Waals surface area (Å²) in [7, 11) is -3.01. The van der Waals surface area contributed by atoms with Gasteiger partial charge in [-0.1, -0.05) is 297 Å². The molecule has 0 aliphatic rings. The van der Waals surface area contributed by atoms with Gasteiger partial charge in [-0.05, 0) is 85.5 Å². The first-order valence-electron chi connectivity index (χ1n) is 30.4. The van der Waals surface area contributed by atoms with Gasteiger partial charge in [-0.2, -0.15) is 15.0 Å². The number of hydrogen-bond donors (Lipinski definition) is 0. The molecule has 0 atom stereocenters. The number of aromatic nitrogens is 6. The van der Waals surface area contributed by atoms with E-state index in [1.54, 1.807) is 0 Å². The predicted molar refractivity (Wildman–Crippen MR) is 370 cm³/mol. The molecule has 0 aliphatic carbocycles. The van der Waals surface area contributed by atoms with Crippen molar-refractivity contribution >= 4 is 94.2 Å². The highest BCUT2D eigenvalue weighted by atomic mass is 28.3. The summed E-state index contributed by atoms with van der Waals surface area (Å²) in [6.45, 7) is 0. The molecule has 13 aromatic carbocycles. The molecule has 4 aromatic heterocycles. The van der Waals surface area contributed by atoms with Crippen LogP contribution in [0, 0.1) is 0 Å². The van der Waals surface area contributed by atoms with E-state index in [1.807, 2.05) is 0 Å². The van der Waals surface area contributed by atoms with Crippen molar-refractivity contribution in [2.24, 2.45) is 0 Å². The lowest BCUT2D eigenvalue weighted by Crippen LogP contribution is -2.74. The summed E-state index contributed by atoms with van der Waals surface area (Å²) in [5.74, 6) is 1.58. The maximum absolute atomic E-state index is 5.85. The highest BCUT2D eigenvalue weighted by Crippen LogP contribution is 2.46. The van der Waals surface area contributed by atoms with E-state index in [1.165, 1.54) is 37.4 Å². The van der Waals surface area contributed by atoms with Gasteiger partial charge < -0.3 is 4.57 Å². The summed E-state index contributed by atoms with van der Waals surface area (Å²) >= 11 is 0. The Hall–Kier alpha value is -11.5. The minimum absolute atomic E-state index is 0.514. The van der Waals surface area contributed by atoms with E-state index in [-0.39, 0.29) is 0 Å². The topological polar surface area (TPSA) is 53.5 Å². The Morgan fingerprint density at radius 3 is 1.18 bits per heavy atom. The Labute approximate surface area is 516 Å². The Bertz CT molecular complexity index is 5260. The van der Waals surface area contributed by atoms with Crippen LogP contribution < -0.4 is 20.7 Å². The van der Waals surface area contributed by atoms with Crippen LogP contribution >= 0.6 is 0 Å². The van der Waals surface area contributed by atoms with Crippen LogP contribution in [0.1, 0.15) is 22.3 Å². The first-order chi connectivity index (χ1) is 44.2. The van der Waals surface area contributed by atoms with Crippen LogP contribution in [0.15, 0.2) is 340 Å². The Balaban J connectivity index is 0.974. The molecular formula is C82H56N6Si. The largest absolute Gasteiger partial charge is 0.309 e. The van der Waals surface area contributed by atoms with E-state index >= 15 is 0 Å².